The van der Waals surface area contributed by atoms with Gasteiger partial charge in [0.1, 0.15) is 0 Å². The molecule has 0 unspecified atom stereocenters. The van der Waals surface area contributed by atoms with E-state index in [1.54, 1.807) is 12.1 Å². The minimum Gasteiger partial charge on any atom is -0.478 e. The number of urea groups is 1. The molecule has 1 aromatic carbocycles. The fourth-order valence-corrected chi connectivity index (χ4v) is 2.42. The lowest BCUT2D eigenvalue weighted by atomic mass is 10.1. The number of nitrogens with one attached hydrogen (secondary N) is 2. The van der Waals surface area contributed by atoms with Gasteiger partial charge in [0.2, 0.25) is 5.91 Å². The van der Waals surface area contributed by atoms with Crippen molar-refractivity contribution in [2.75, 3.05) is 19.6 Å². The lowest BCUT2D eigenvalue weighted by molar-refractivity contribution is -0.127. The van der Waals surface area contributed by atoms with Gasteiger partial charge in [0.15, 0.2) is 0 Å². The van der Waals surface area contributed by atoms with E-state index < -0.39 is 5.97 Å². The minimum atomic E-state index is -0.973. The highest BCUT2D eigenvalue weighted by atomic mass is 16.4. The molecular weight excluding hydrogens is 298 g/mol. The summed E-state index contributed by atoms with van der Waals surface area (Å²) in [5.74, 6) is -0.780. The molecular formula is C16H21N3O4. The van der Waals surface area contributed by atoms with E-state index in [1.165, 1.54) is 12.1 Å². The predicted molar refractivity (Wildman–Crippen MR) is 84.1 cm³/mol. The van der Waals surface area contributed by atoms with Crippen molar-refractivity contribution in [1.82, 2.24) is 15.5 Å². The lowest BCUT2D eigenvalue weighted by Crippen LogP contribution is -2.37. The third-order valence-corrected chi connectivity index (χ3v) is 3.72. The minimum absolute atomic E-state index is 0.194. The number of aromatic carboxylic acids is 1. The van der Waals surface area contributed by atoms with Crippen LogP contribution in [0.2, 0.25) is 0 Å². The molecule has 1 aliphatic rings. The van der Waals surface area contributed by atoms with Gasteiger partial charge in [0.25, 0.3) is 0 Å². The second kappa shape index (κ2) is 8.17. The van der Waals surface area contributed by atoms with Crippen molar-refractivity contribution in [2.24, 2.45) is 0 Å². The molecule has 0 saturated carbocycles. The highest BCUT2D eigenvalue weighted by Crippen LogP contribution is 2.09. The summed E-state index contributed by atoms with van der Waals surface area (Å²) >= 11 is 0. The Balaban J connectivity index is 1.61. The van der Waals surface area contributed by atoms with Gasteiger partial charge >= 0.3 is 12.0 Å². The van der Waals surface area contributed by atoms with E-state index in [2.05, 4.69) is 10.6 Å². The van der Waals surface area contributed by atoms with Gasteiger partial charge < -0.3 is 20.6 Å². The summed E-state index contributed by atoms with van der Waals surface area (Å²) in [6.45, 7) is 2.33. The zero-order valence-electron chi connectivity index (χ0n) is 12.9. The van der Waals surface area contributed by atoms with Crippen LogP contribution in [-0.2, 0) is 11.3 Å². The van der Waals surface area contributed by atoms with Gasteiger partial charge in [0, 0.05) is 32.6 Å². The number of likely N-dealkylation sites (tertiary alicyclic amines) is 1. The summed E-state index contributed by atoms with van der Waals surface area (Å²) in [4.78, 5) is 35.6. The molecule has 0 atom stereocenters. The summed E-state index contributed by atoms with van der Waals surface area (Å²) in [6.07, 6.45) is 2.29. The maximum Gasteiger partial charge on any atom is 0.335 e. The number of carbonyl (C=O) groups excluding carboxylic acids is 2. The molecule has 1 aromatic rings. The van der Waals surface area contributed by atoms with Crippen LogP contribution < -0.4 is 10.6 Å². The molecule has 7 nitrogen and oxygen atoms in total. The average molecular weight is 319 g/mol. The molecule has 23 heavy (non-hydrogen) atoms. The van der Waals surface area contributed by atoms with Crippen LogP contribution >= 0.6 is 0 Å². The second-order valence-corrected chi connectivity index (χ2v) is 5.45. The Morgan fingerprint density at radius 3 is 2.52 bits per heavy atom. The van der Waals surface area contributed by atoms with E-state index in [9.17, 15) is 14.4 Å². The van der Waals surface area contributed by atoms with Crippen LogP contribution in [-0.4, -0.2) is 47.5 Å². The molecule has 0 aromatic heterocycles. The van der Waals surface area contributed by atoms with Crippen LogP contribution in [0.4, 0.5) is 4.79 Å². The van der Waals surface area contributed by atoms with Crippen LogP contribution in [0, 0.1) is 0 Å². The molecule has 7 heteroatoms. The standard InChI is InChI=1S/C16H21N3O4/c20-14-3-1-9-19(14)10-2-8-17-16(23)18-11-12-4-6-13(7-5-12)15(21)22/h4-7H,1-3,8-11H2,(H,21,22)(H2,17,18,23). The molecule has 0 spiro atoms. The Kier molecular flexibility index (Phi) is 5.96. The third kappa shape index (κ3) is 5.28. The number of rotatable bonds is 7. The van der Waals surface area contributed by atoms with E-state index in [0.29, 0.717) is 26.1 Å². The zero-order chi connectivity index (χ0) is 16.7. The van der Waals surface area contributed by atoms with Gasteiger partial charge in [-0.15, -0.1) is 0 Å². The molecule has 124 valence electrons. The summed E-state index contributed by atoms with van der Waals surface area (Å²) in [6, 6.07) is 6.07. The van der Waals surface area contributed by atoms with E-state index >= 15 is 0 Å². The number of amides is 3. The molecule has 0 aliphatic carbocycles. The molecule has 1 fully saturated rings. The smallest absolute Gasteiger partial charge is 0.335 e. The lowest BCUT2D eigenvalue weighted by Gasteiger charge is -2.15. The average Bonchev–Trinajstić information content (AvgIpc) is 2.95. The van der Waals surface area contributed by atoms with Crippen LogP contribution in [0.25, 0.3) is 0 Å². The Morgan fingerprint density at radius 2 is 1.91 bits per heavy atom. The van der Waals surface area contributed by atoms with Crippen LogP contribution in [0.15, 0.2) is 24.3 Å². The predicted octanol–water partition coefficient (Wildman–Crippen LogP) is 1.20. The van der Waals surface area contributed by atoms with E-state index in [-0.39, 0.29) is 17.5 Å². The van der Waals surface area contributed by atoms with E-state index in [4.69, 9.17) is 5.11 Å². The first-order chi connectivity index (χ1) is 11.1. The van der Waals surface area contributed by atoms with Crippen molar-refractivity contribution in [3.05, 3.63) is 35.4 Å². The first-order valence-corrected chi connectivity index (χ1v) is 7.68. The number of carboxylic acid groups (broad SMARTS) is 1. The maximum absolute atomic E-state index is 11.7. The van der Waals surface area contributed by atoms with Crippen molar-refractivity contribution < 1.29 is 19.5 Å². The summed E-state index contributed by atoms with van der Waals surface area (Å²) in [7, 11) is 0. The topological polar surface area (TPSA) is 98.7 Å². The molecule has 0 radical (unpaired) electrons. The molecule has 1 aliphatic heterocycles. The Labute approximate surface area is 134 Å². The first-order valence-electron chi connectivity index (χ1n) is 7.68. The largest absolute Gasteiger partial charge is 0.478 e. The van der Waals surface area contributed by atoms with Crippen molar-refractivity contribution in [3.63, 3.8) is 0 Å². The quantitative estimate of drug-likeness (QED) is 0.658. The Bertz CT molecular complexity index is 571. The monoisotopic (exact) mass is 319 g/mol. The van der Waals surface area contributed by atoms with E-state index in [0.717, 1.165) is 24.9 Å². The van der Waals surface area contributed by atoms with Crippen molar-refractivity contribution >= 4 is 17.9 Å². The second-order valence-electron chi connectivity index (χ2n) is 5.45. The van der Waals surface area contributed by atoms with Gasteiger partial charge in [-0.25, -0.2) is 9.59 Å². The normalized spacial score (nSPS) is 13.9. The molecule has 1 saturated heterocycles. The van der Waals surface area contributed by atoms with Gasteiger partial charge in [-0.3, -0.25) is 4.79 Å². The highest BCUT2D eigenvalue weighted by molar-refractivity contribution is 5.87. The van der Waals surface area contributed by atoms with Gasteiger partial charge in [-0.05, 0) is 30.5 Å². The van der Waals surface area contributed by atoms with Gasteiger partial charge in [-0.1, -0.05) is 12.1 Å². The van der Waals surface area contributed by atoms with Gasteiger partial charge in [0.05, 0.1) is 5.56 Å². The number of carboxylic acids is 1. The summed E-state index contributed by atoms with van der Waals surface area (Å²) in [5, 5.41) is 14.3. The number of nitrogens with zero attached hydrogens (tertiary/aromatic N) is 1. The van der Waals surface area contributed by atoms with E-state index in [1.807, 2.05) is 4.90 Å². The summed E-state index contributed by atoms with van der Waals surface area (Å²) in [5.41, 5.74) is 1.04. The number of carbonyl (C=O) groups is 3. The van der Waals surface area contributed by atoms with Crippen molar-refractivity contribution in [2.45, 2.75) is 25.8 Å². The molecule has 3 amide bonds. The van der Waals surface area contributed by atoms with Crippen molar-refractivity contribution in [3.8, 4) is 0 Å². The van der Waals surface area contributed by atoms with Crippen LogP contribution in [0.3, 0.4) is 0 Å². The number of hydrogen-bond donors (Lipinski definition) is 3. The van der Waals surface area contributed by atoms with Gasteiger partial charge in [-0.2, -0.15) is 0 Å². The first kappa shape index (κ1) is 16.8. The highest BCUT2D eigenvalue weighted by Gasteiger charge is 2.18. The SMILES string of the molecule is O=C(NCCCN1CCCC1=O)NCc1ccc(C(=O)O)cc1. The van der Waals surface area contributed by atoms with Crippen LogP contribution in [0.5, 0.6) is 0 Å². The number of hydrogen-bond acceptors (Lipinski definition) is 3. The fourth-order valence-electron chi connectivity index (χ4n) is 2.42. The number of benzene rings is 1. The molecule has 0 bridgehead atoms. The third-order valence-electron chi connectivity index (χ3n) is 3.72. The van der Waals surface area contributed by atoms with Crippen molar-refractivity contribution in [1.29, 1.82) is 0 Å². The summed E-state index contributed by atoms with van der Waals surface area (Å²) < 4.78 is 0. The van der Waals surface area contributed by atoms with Crippen LogP contribution in [0.1, 0.15) is 35.2 Å². The molecule has 2 rings (SSSR count). The molecule has 1 heterocycles. The Morgan fingerprint density at radius 1 is 1.17 bits per heavy atom. The fraction of sp³-hybridized carbons (Fsp3) is 0.438. The Hall–Kier alpha value is -2.57. The maximum atomic E-state index is 11.7. The molecule has 3 N–H and O–H groups in total. The zero-order valence-corrected chi connectivity index (χ0v) is 12.9.